The van der Waals surface area contributed by atoms with Crippen molar-refractivity contribution in [3.8, 4) is 0 Å². The summed E-state index contributed by atoms with van der Waals surface area (Å²) in [7, 11) is 1.52. The van der Waals surface area contributed by atoms with Crippen molar-refractivity contribution in [1.29, 1.82) is 0 Å². The normalized spacial score (nSPS) is 14.7. The largest absolute Gasteiger partial charge is 0.357 e. The summed E-state index contributed by atoms with van der Waals surface area (Å²) in [6.45, 7) is 5.33. The highest BCUT2D eigenvalue weighted by atomic mass is 16.2. The molecule has 5 nitrogen and oxygen atoms in total. The zero-order chi connectivity index (χ0) is 11.3. The number of hydrogen-bond acceptors (Lipinski definition) is 3. The van der Waals surface area contributed by atoms with Gasteiger partial charge in [-0.25, -0.2) is 0 Å². The van der Waals surface area contributed by atoms with E-state index in [0.29, 0.717) is 0 Å². The maximum absolute atomic E-state index is 11.4. The van der Waals surface area contributed by atoms with E-state index in [0.717, 1.165) is 0 Å². The molecule has 0 saturated carbocycles. The average Bonchev–Trinajstić information content (AvgIpc) is 2.14. The van der Waals surface area contributed by atoms with Crippen LogP contribution in [0.4, 0.5) is 0 Å². The smallest absolute Gasteiger partial charge is 0.242 e. The Morgan fingerprint density at radius 2 is 1.64 bits per heavy atom. The second-order valence-electron chi connectivity index (χ2n) is 3.61. The zero-order valence-electron chi connectivity index (χ0n) is 9.13. The van der Waals surface area contributed by atoms with Crippen molar-refractivity contribution in [3.05, 3.63) is 0 Å². The molecule has 0 heterocycles. The van der Waals surface area contributed by atoms with E-state index in [1.807, 2.05) is 13.8 Å². The number of carbonyl (C=O) groups is 2. The lowest BCUT2D eigenvalue weighted by atomic mass is 10.0. The number of rotatable bonds is 4. The van der Waals surface area contributed by atoms with Crippen LogP contribution in [0.25, 0.3) is 0 Å². The Hall–Kier alpha value is -1.10. The summed E-state index contributed by atoms with van der Waals surface area (Å²) < 4.78 is 0. The molecule has 0 bridgehead atoms. The fourth-order valence-corrected chi connectivity index (χ4v) is 0.894. The van der Waals surface area contributed by atoms with Gasteiger partial charge in [0.15, 0.2) is 0 Å². The van der Waals surface area contributed by atoms with Gasteiger partial charge in [0.2, 0.25) is 11.8 Å². The van der Waals surface area contributed by atoms with Crippen LogP contribution in [0.3, 0.4) is 0 Å². The lowest BCUT2D eigenvalue weighted by Crippen LogP contribution is -2.51. The Labute approximate surface area is 84.4 Å². The number of nitrogens with two attached hydrogens (primary N) is 1. The molecule has 14 heavy (non-hydrogen) atoms. The number of amides is 2. The highest BCUT2D eigenvalue weighted by Crippen LogP contribution is 1.98. The molecule has 0 aromatic rings. The molecular weight excluding hydrogens is 182 g/mol. The number of carbonyl (C=O) groups excluding carboxylic acids is 2. The minimum Gasteiger partial charge on any atom is -0.357 e. The van der Waals surface area contributed by atoms with Gasteiger partial charge in [-0.2, -0.15) is 0 Å². The van der Waals surface area contributed by atoms with Crippen LogP contribution in [-0.4, -0.2) is 30.9 Å². The molecule has 0 saturated heterocycles. The monoisotopic (exact) mass is 201 g/mol. The zero-order valence-corrected chi connectivity index (χ0v) is 9.13. The maximum atomic E-state index is 11.4. The second-order valence-corrected chi connectivity index (χ2v) is 3.61. The molecule has 5 heteroatoms. The summed E-state index contributed by atoms with van der Waals surface area (Å²) in [5.74, 6) is -0.461. The van der Waals surface area contributed by atoms with E-state index in [1.54, 1.807) is 6.92 Å². The molecule has 0 aliphatic carbocycles. The lowest BCUT2D eigenvalue weighted by Gasteiger charge is -2.18. The third kappa shape index (κ3) is 3.74. The van der Waals surface area contributed by atoms with Crippen molar-refractivity contribution in [3.63, 3.8) is 0 Å². The first-order chi connectivity index (χ1) is 6.40. The summed E-state index contributed by atoms with van der Waals surface area (Å²) in [4.78, 5) is 22.5. The van der Waals surface area contributed by atoms with Crippen molar-refractivity contribution in [1.82, 2.24) is 10.6 Å². The predicted molar refractivity (Wildman–Crippen MR) is 54.5 cm³/mol. The van der Waals surface area contributed by atoms with E-state index < -0.39 is 12.1 Å². The van der Waals surface area contributed by atoms with E-state index >= 15 is 0 Å². The maximum Gasteiger partial charge on any atom is 0.242 e. The highest BCUT2D eigenvalue weighted by Gasteiger charge is 2.21. The van der Waals surface area contributed by atoms with Gasteiger partial charge >= 0.3 is 0 Å². The van der Waals surface area contributed by atoms with Gasteiger partial charge in [0, 0.05) is 7.05 Å². The Morgan fingerprint density at radius 1 is 1.14 bits per heavy atom. The summed E-state index contributed by atoms with van der Waals surface area (Å²) in [6, 6.07) is -1.11. The molecule has 4 N–H and O–H groups in total. The third-order valence-electron chi connectivity index (χ3n) is 2.02. The third-order valence-corrected chi connectivity index (χ3v) is 2.02. The Kier molecular flexibility index (Phi) is 5.15. The molecule has 0 rings (SSSR count). The summed E-state index contributed by atoms with van der Waals surface area (Å²) in [6.07, 6.45) is 0. The topological polar surface area (TPSA) is 84.2 Å². The Balaban J connectivity index is 4.12. The predicted octanol–water partition coefficient (Wildman–Crippen LogP) is -0.780. The first kappa shape index (κ1) is 12.9. The molecule has 0 aliphatic rings. The lowest BCUT2D eigenvalue weighted by molar-refractivity contribution is -0.129. The van der Waals surface area contributed by atoms with E-state index in [1.165, 1.54) is 7.05 Å². The molecule has 2 amide bonds. The summed E-state index contributed by atoms with van der Waals surface area (Å²) in [5.41, 5.74) is 5.61. The molecule has 1 unspecified atom stereocenters. The average molecular weight is 201 g/mol. The molecule has 0 aromatic heterocycles. The van der Waals surface area contributed by atoms with Crippen molar-refractivity contribution < 1.29 is 9.59 Å². The van der Waals surface area contributed by atoms with Crippen LogP contribution < -0.4 is 16.4 Å². The van der Waals surface area contributed by atoms with Crippen molar-refractivity contribution in [2.24, 2.45) is 11.7 Å². The van der Waals surface area contributed by atoms with Crippen LogP contribution in [0.1, 0.15) is 20.8 Å². The van der Waals surface area contributed by atoms with Crippen molar-refractivity contribution >= 4 is 11.8 Å². The summed E-state index contributed by atoms with van der Waals surface area (Å²) in [5, 5.41) is 4.98. The van der Waals surface area contributed by atoms with E-state index in [-0.39, 0.29) is 17.7 Å². The van der Waals surface area contributed by atoms with Crippen LogP contribution in [-0.2, 0) is 9.59 Å². The molecule has 0 fully saturated rings. The van der Waals surface area contributed by atoms with Gasteiger partial charge in [0.1, 0.15) is 6.04 Å². The van der Waals surface area contributed by atoms with Crippen LogP contribution in [0, 0.1) is 5.92 Å². The van der Waals surface area contributed by atoms with Crippen LogP contribution in [0.5, 0.6) is 0 Å². The fourth-order valence-electron chi connectivity index (χ4n) is 0.894. The first-order valence-electron chi connectivity index (χ1n) is 4.67. The number of hydrogen-bond donors (Lipinski definition) is 3. The van der Waals surface area contributed by atoms with Crippen molar-refractivity contribution in [2.75, 3.05) is 7.05 Å². The van der Waals surface area contributed by atoms with Gasteiger partial charge in [0.05, 0.1) is 6.04 Å². The molecule has 82 valence electrons. The van der Waals surface area contributed by atoms with Crippen molar-refractivity contribution in [2.45, 2.75) is 32.9 Å². The van der Waals surface area contributed by atoms with E-state index in [2.05, 4.69) is 10.6 Å². The van der Waals surface area contributed by atoms with Gasteiger partial charge in [-0.15, -0.1) is 0 Å². The fraction of sp³-hybridized carbons (Fsp3) is 0.778. The van der Waals surface area contributed by atoms with Gasteiger partial charge in [0.25, 0.3) is 0 Å². The molecule has 0 spiro atoms. The Bertz CT molecular complexity index is 216. The molecule has 0 radical (unpaired) electrons. The van der Waals surface area contributed by atoms with Crippen LogP contribution in [0.15, 0.2) is 0 Å². The quantitative estimate of drug-likeness (QED) is 0.558. The number of nitrogens with one attached hydrogen (secondary N) is 2. The first-order valence-corrected chi connectivity index (χ1v) is 4.67. The summed E-state index contributed by atoms with van der Waals surface area (Å²) >= 11 is 0. The Morgan fingerprint density at radius 3 is 2.00 bits per heavy atom. The SMILES string of the molecule is CNC(=O)C(C)NC(=O)[C@H](N)C(C)C. The number of likely N-dealkylation sites (N-methyl/N-ethyl adjacent to an activating group) is 1. The molecule has 0 aromatic carbocycles. The highest BCUT2D eigenvalue weighted by molar-refractivity contribution is 5.89. The molecule has 0 aliphatic heterocycles. The van der Waals surface area contributed by atoms with E-state index in [4.69, 9.17) is 5.73 Å². The minimum absolute atomic E-state index is 0.0619. The van der Waals surface area contributed by atoms with Gasteiger partial charge < -0.3 is 16.4 Å². The van der Waals surface area contributed by atoms with Gasteiger partial charge in [-0.3, -0.25) is 9.59 Å². The van der Waals surface area contributed by atoms with Gasteiger partial charge in [-0.1, -0.05) is 13.8 Å². The standard InChI is InChI=1S/C9H19N3O2/c1-5(2)7(10)9(14)12-6(3)8(13)11-4/h5-7H,10H2,1-4H3,(H,11,13)(H,12,14)/t6?,7-/m1/s1. The minimum atomic E-state index is -0.567. The molecular formula is C9H19N3O2. The van der Waals surface area contributed by atoms with Gasteiger partial charge in [-0.05, 0) is 12.8 Å². The van der Waals surface area contributed by atoms with Crippen LogP contribution in [0.2, 0.25) is 0 Å². The van der Waals surface area contributed by atoms with Crippen LogP contribution >= 0.6 is 0 Å². The molecule has 2 atom stereocenters. The van der Waals surface area contributed by atoms with E-state index in [9.17, 15) is 9.59 Å². The second kappa shape index (κ2) is 5.59.